The lowest BCUT2D eigenvalue weighted by molar-refractivity contribution is -0.130. The Morgan fingerprint density at radius 1 is 1.47 bits per heavy atom. The van der Waals surface area contributed by atoms with Gasteiger partial charge in [0.25, 0.3) is 0 Å². The zero-order chi connectivity index (χ0) is 13.5. The number of hydrogen-bond donors (Lipinski definition) is 1. The Labute approximate surface area is 115 Å². The Morgan fingerprint density at radius 3 is 3.05 bits per heavy atom. The third-order valence-corrected chi connectivity index (χ3v) is 5.30. The van der Waals surface area contributed by atoms with Crippen LogP contribution in [0.2, 0.25) is 0 Å². The summed E-state index contributed by atoms with van der Waals surface area (Å²) in [5.74, 6) is 1.28. The largest absolute Gasteiger partial charge is 0.385 e. The summed E-state index contributed by atoms with van der Waals surface area (Å²) in [6, 6.07) is 0. The molecule has 106 valence electrons. The minimum absolute atomic E-state index is 0.258. The second-order valence-electron chi connectivity index (χ2n) is 6.21. The van der Waals surface area contributed by atoms with E-state index < -0.39 is 5.60 Å². The maximum Gasteiger partial charge on any atom is 0.146 e. The first-order valence-corrected chi connectivity index (χ1v) is 7.36. The maximum atomic E-state index is 10.7. The van der Waals surface area contributed by atoms with Gasteiger partial charge in [0.05, 0.1) is 11.7 Å². The molecular weight excluding hydrogens is 240 g/mol. The topological polar surface area (TPSA) is 38.7 Å². The first kappa shape index (κ1) is 13.3. The molecule has 3 nitrogen and oxygen atoms in total. The fourth-order valence-corrected chi connectivity index (χ4v) is 4.52. The smallest absolute Gasteiger partial charge is 0.146 e. The third-order valence-electron chi connectivity index (χ3n) is 5.30. The molecule has 0 spiro atoms. The van der Waals surface area contributed by atoms with Gasteiger partial charge in [-0.3, -0.25) is 0 Å². The number of ether oxygens (including phenoxy) is 2. The number of methoxy groups -OCH3 is 1. The number of allylic oxidation sites excluding steroid dienone is 1. The van der Waals surface area contributed by atoms with Crippen molar-refractivity contribution >= 4 is 0 Å². The van der Waals surface area contributed by atoms with Crippen molar-refractivity contribution in [2.75, 3.05) is 13.9 Å². The van der Waals surface area contributed by atoms with Crippen LogP contribution in [0.25, 0.3) is 0 Å². The molecule has 4 aliphatic rings. The van der Waals surface area contributed by atoms with Crippen molar-refractivity contribution in [3.8, 4) is 0 Å². The number of hydrogen-bond acceptors (Lipinski definition) is 3. The van der Waals surface area contributed by atoms with Crippen LogP contribution in [0.1, 0.15) is 32.1 Å². The minimum Gasteiger partial charge on any atom is -0.385 e. The van der Waals surface area contributed by atoms with Gasteiger partial charge in [-0.15, -0.1) is 6.58 Å². The average Bonchev–Trinajstić information content (AvgIpc) is 2.45. The summed E-state index contributed by atoms with van der Waals surface area (Å²) < 4.78 is 10.9. The number of aliphatic hydroxyl groups is 1. The molecule has 3 heteroatoms. The van der Waals surface area contributed by atoms with Crippen molar-refractivity contribution in [1.29, 1.82) is 0 Å². The summed E-state index contributed by atoms with van der Waals surface area (Å²) in [5, 5.41) is 10.7. The molecule has 0 aromatic rings. The number of fused-ring (bicyclic) bond motifs is 2. The highest BCUT2D eigenvalue weighted by atomic mass is 16.7. The van der Waals surface area contributed by atoms with Crippen LogP contribution in [-0.4, -0.2) is 30.7 Å². The summed E-state index contributed by atoms with van der Waals surface area (Å²) >= 11 is 0. The lowest BCUT2D eigenvalue weighted by atomic mass is 9.52. The van der Waals surface area contributed by atoms with Gasteiger partial charge in [-0.05, 0) is 38.0 Å². The second-order valence-corrected chi connectivity index (χ2v) is 6.21. The molecule has 0 heterocycles. The Balaban J connectivity index is 1.86. The van der Waals surface area contributed by atoms with Gasteiger partial charge in [-0.25, -0.2) is 0 Å². The summed E-state index contributed by atoms with van der Waals surface area (Å²) in [4.78, 5) is 0. The zero-order valence-electron chi connectivity index (χ0n) is 11.7. The molecule has 2 bridgehead atoms. The molecule has 1 N–H and O–H groups in total. The quantitative estimate of drug-likeness (QED) is 0.626. The normalized spacial score (nSPS) is 44.6. The van der Waals surface area contributed by atoms with Crippen LogP contribution in [0.3, 0.4) is 0 Å². The van der Waals surface area contributed by atoms with E-state index in [2.05, 4.69) is 12.7 Å². The zero-order valence-corrected chi connectivity index (χ0v) is 11.7. The van der Waals surface area contributed by atoms with Gasteiger partial charge in [-0.1, -0.05) is 17.7 Å². The predicted molar refractivity (Wildman–Crippen MR) is 73.5 cm³/mol. The van der Waals surface area contributed by atoms with E-state index in [0.29, 0.717) is 18.6 Å². The SMILES string of the molecule is C=C[C@@]1(O)C[C@@H]2CC[C@H]1C1=CCC[C@H](OCOC)[C@@H]12. The molecule has 0 amide bonds. The lowest BCUT2D eigenvalue weighted by Gasteiger charge is -2.55. The van der Waals surface area contributed by atoms with E-state index in [0.717, 1.165) is 25.7 Å². The second kappa shape index (κ2) is 5.04. The standard InChI is InChI=1S/C16H24O3/c1-3-16(17)9-11-7-8-13(16)12-5-4-6-14(15(11)12)19-10-18-2/h3,5,11,13-15,17H,1,4,6-10H2,2H3/t11-,13-,14-,15+,16+/m0/s1. The van der Waals surface area contributed by atoms with Crippen LogP contribution in [-0.2, 0) is 9.47 Å². The van der Waals surface area contributed by atoms with Gasteiger partial charge in [0.2, 0.25) is 0 Å². The molecular formula is C16H24O3. The molecule has 0 aromatic carbocycles. The Kier molecular flexibility index (Phi) is 3.54. The van der Waals surface area contributed by atoms with Crippen molar-refractivity contribution in [3.05, 3.63) is 24.3 Å². The minimum atomic E-state index is -0.686. The summed E-state index contributed by atoms with van der Waals surface area (Å²) in [6.07, 6.45) is 9.65. The number of rotatable bonds is 4. The molecule has 3 fully saturated rings. The van der Waals surface area contributed by atoms with Gasteiger partial charge in [0, 0.05) is 18.9 Å². The van der Waals surface area contributed by atoms with Crippen LogP contribution in [0.4, 0.5) is 0 Å². The summed E-state index contributed by atoms with van der Waals surface area (Å²) in [6.45, 7) is 4.23. The van der Waals surface area contributed by atoms with E-state index in [-0.39, 0.29) is 12.0 Å². The van der Waals surface area contributed by atoms with Gasteiger partial charge < -0.3 is 14.6 Å². The fourth-order valence-electron chi connectivity index (χ4n) is 4.52. The van der Waals surface area contributed by atoms with Crippen molar-refractivity contribution in [3.63, 3.8) is 0 Å². The van der Waals surface area contributed by atoms with E-state index in [9.17, 15) is 5.11 Å². The fraction of sp³-hybridized carbons (Fsp3) is 0.750. The maximum absolute atomic E-state index is 10.7. The van der Waals surface area contributed by atoms with E-state index in [1.807, 2.05) is 0 Å². The van der Waals surface area contributed by atoms with Crippen LogP contribution in [0, 0.1) is 17.8 Å². The van der Waals surface area contributed by atoms with E-state index in [1.54, 1.807) is 13.2 Å². The van der Waals surface area contributed by atoms with Crippen molar-refractivity contribution in [1.82, 2.24) is 0 Å². The van der Waals surface area contributed by atoms with Gasteiger partial charge >= 0.3 is 0 Å². The highest BCUT2D eigenvalue weighted by Gasteiger charge is 2.54. The molecule has 0 aromatic heterocycles. The predicted octanol–water partition coefficient (Wildman–Crippen LogP) is 2.66. The Morgan fingerprint density at radius 2 is 2.32 bits per heavy atom. The van der Waals surface area contributed by atoms with Crippen molar-refractivity contribution in [2.45, 2.75) is 43.8 Å². The van der Waals surface area contributed by atoms with Crippen molar-refractivity contribution in [2.24, 2.45) is 17.8 Å². The van der Waals surface area contributed by atoms with Gasteiger partial charge in [0.1, 0.15) is 6.79 Å². The monoisotopic (exact) mass is 264 g/mol. The Hall–Kier alpha value is -0.640. The van der Waals surface area contributed by atoms with E-state index >= 15 is 0 Å². The molecule has 0 aliphatic heterocycles. The third kappa shape index (κ3) is 2.08. The van der Waals surface area contributed by atoms with Gasteiger partial charge in [-0.2, -0.15) is 0 Å². The molecule has 4 aliphatic carbocycles. The van der Waals surface area contributed by atoms with Crippen LogP contribution >= 0.6 is 0 Å². The molecule has 3 saturated carbocycles. The van der Waals surface area contributed by atoms with Crippen LogP contribution < -0.4 is 0 Å². The summed E-state index contributed by atoms with van der Waals surface area (Å²) in [7, 11) is 1.67. The van der Waals surface area contributed by atoms with Crippen molar-refractivity contribution < 1.29 is 14.6 Å². The molecule has 4 rings (SSSR count). The summed E-state index contributed by atoms with van der Waals surface area (Å²) in [5.41, 5.74) is 0.742. The van der Waals surface area contributed by atoms with E-state index in [4.69, 9.17) is 9.47 Å². The lowest BCUT2D eigenvalue weighted by Crippen LogP contribution is -2.54. The molecule has 0 radical (unpaired) electrons. The molecule has 0 saturated heterocycles. The highest BCUT2D eigenvalue weighted by molar-refractivity contribution is 5.30. The first-order chi connectivity index (χ1) is 9.19. The first-order valence-electron chi connectivity index (χ1n) is 7.36. The van der Waals surface area contributed by atoms with Gasteiger partial charge in [0.15, 0.2) is 0 Å². The van der Waals surface area contributed by atoms with E-state index in [1.165, 1.54) is 12.0 Å². The Bertz CT molecular complexity index is 389. The van der Waals surface area contributed by atoms with Crippen LogP contribution in [0.5, 0.6) is 0 Å². The average molecular weight is 264 g/mol. The molecule has 5 atom stereocenters. The molecule has 0 unspecified atom stereocenters. The highest BCUT2D eigenvalue weighted by Crippen LogP contribution is 2.56. The molecule has 19 heavy (non-hydrogen) atoms. The van der Waals surface area contributed by atoms with Crippen LogP contribution in [0.15, 0.2) is 24.3 Å².